The standard InChI is InChI=1S/C12H12F3N/c1-9-6-10(4-3-5-16-2)8-11(7-9)12(13,14)15/h6-8,16H,5H2,1-2H3. The highest BCUT2D eigenvalue weighted by Gasteiger charge is 2.30. The first-order valence-corrected chi connectivity index (χ1v) is 4.76. The van der Waals surface area contributed by atoms with E-state index in [-0.39, 0.29) is 0 Å². The topological polar surface area (TPSA) is 12.0 Å². The minimum atomic E-state index is -4.31. The van der Waals surface area contributed by atoms with Crippen LogP contribution in [0.3, 0.4) is 0 Å². The minimum absolute atomic E-state index is 0.391. The Hall–Kier alpha value is -1.47. The van der Waals surface area contributed by atoms with Gasteiger partial charge in [-0.05, 0) is 37.7 Å². The molecule has 0 heterocycles. The first kappa shape index (κ1) is 12.6. The van der Waals surface area contributed by atoms with Gasteiger partial charge in [-0.2, -0.15) is 13.2 Å². The smallest absolute Gasteiger partial charge is 0.309 e. The Morgan fingerprint density at radius 3 is 2.50 bits per heavy atom. The molecule has 1 N–H and O–H groups in total. The highest BCUT2D eigenvalue weighted by Crippen LogP contribution is 2.30. The Kier molecular flexibility index (Phi) is 3.97. The van der Waals surface area contributed by atoms with Gasteiger partial charge in [0.05, 0.1) is 12.1 Å². The second-order valence-electron chi connectivity index (χ2n) is 3.42. The van der Waals surface area contributed by atoms with Crippen molar-refractivity contribution in [2.24, 2.45) is 0 Å². The predicted molar refractivity (Wildman–Crippen MR) is 57.0 cm³/mol. The van der Waals surface area contributed by atoms with Crippen molar-refractivity contribution < 1.29 is 13.2 Å². The molecule has 0 aliphatic heterocycles. The lowest BCUT2D eigenvalue weighted by Gasteiger charge is -2.07. The molecule has 0 unspecified atom stereocenters. The predicted octanol–water partition coefficient (Wildman–Crippen LogP) is 2.58. The van der Waals surface area contributed by atoms with Crippen LogP contribution in [0.4, 0.5) is 13.2 Å². The average Bonchev–Trinajstić information content (AvgIpc) is 2.16. The Morgan fingerprint density at radius 1 is 1.25 bits per heavy atom. The van der Waals surface area contributed by atoms with Gasteiger partial charge in [-0.15, -0.1) is 0 Å². The summed E-state index contributed by atoms with van der Waals surface area (Å²) in [7, 11) is 1.73. The fourth-order valence-electron chi connectivity index (χ4n) is 1.25. The van der Waals surface area contributed by atoms with E-state index in [4.69, 9.17) is 0 Å². The summed E-state index contributed by atoms with van der Waals surface area (Å²) < 4.78 is 37.4. The molecule has 0 amide bonds. The number of aryl methyl sites for hydroxylation is 1. The summed E-state index contributed by atoms with van der Waals surface area (Å²) in [5.41, 5.74) is 0.299. The highest BCUT2D eigenvalue weighted by atomic mass is 19.4. The molecule has 1 aromatic carbocycles. The Labute approximate surface area is 92.7 Å². The number of hydrogen-bond donors (Lipinski definition) is 1. The summed E-state index contributed by atoms with van der Waals surface area (Å²) in [6.45, 7) is 2.08. The molecule has 0 fully saturated rings. The van der Waals surface area contributed by atoms with Gasteiger partial charge in [0.25, 0.3) is 0 Å². The number of hydrogen-bond acceptors (Lipinski definition) is 1. The van der Waals surface area contributed by atoms with Crippen LogP contribution in [0.5, 0.6) is 0 Å². The van der Waals surface area contributed by atoms with E-state index in [0.29, 0.717) is 17.7 Å². The van der Waals surface area contributed by atoms with Gasteiger partial charge in [-0.1, -0.05) is 11.8 Å². The molecule has 0 saturated carbocycles. The van der Waals surface area contributed by atoms with Gasteiger partial charge in [0.15, 0.2) is 0 Å². The number of rotatable bonds is 1. The molecule has 0 saturated heterocycles. The molecule has 0 aliphatic rings. The van der Waals surface area contributed by atoms with E-state index >= 15 is 0 Å². The van der Waals surface area contributed by atoms with E-state index in [0.717, 1.165) is 12.1 Å². The Morgan fingerprint density at radius 2 is 1.94 bits per heavy atom. The van der Waals surface area contributed by atoms with Crippen molar-refractivity contribution in [3.63, 3.8) is 0 Å². The molecule has 4 heteroatoms. The summed E-state index contributed by atoms with van der Waals surface area (Å²) >= 11 is 0. The summed E-state index contributed by atoms with van der Waals surface area (Å²) in [5, 5.41) is 2.80. The van der Waals surface area contributed by atoms with Crippen LogP contribution in [0.15, 0.2) is 18.2 Å². The quantitative estimate of drug-likeness (QED) is 0.727. The van der Waals surface area contributed by atoms with E-state index < -0.39 is 11.7 Å². The lowest BCUT2D eigenvalue weighted by Crippen LogP contribution is -2.06. The van der Waals surface area contributed by atoms with Crippen LogP contribution in [0.2, 0.25) is 0 Å². The van der Waals surface area contributed by atoms with Crippen LogP contribution >= 0.6 is 0 Å². The van der Waals surface area contributed by atoms with Crippen LogP contribution in [0.1, 0.15) is 16.7 Å². The number of halogens is 3. The summed E-state index contributed by atoms with van der Waals surface area (Å²) in [5.74, 6) is 5.42. The summed E-state index contributed by atoms with van der Waals surface area (Å²) in [4.78, 5) is 0. The minimum Gasteiger partial charge on any atom is -0.309 e. The monoisotopic (exact) mass is 227 g/mol. The van der Waals surface area contributed by atoms with Gasteiger partial charge in [0.2, 0.25) is 0 Å². The third-order valence-corrected chi connectivity index (χ3v) is 1.90. The van der Waals surface area contributed by atoms with Gasteiger partial charge >= 0.3 is 6.18 Å². The van der Waals surface area contributed by atoms with Crippen LogP contribution in [0, 0.1) is 18.8 Å². The van der Waals surface area contributed by atoms with Crippen molar-refractivity contribution in [2.75, 3.05) is 13.6 Å². The van der Waals surface area contributed by atoms with E-state index in [1.807, 2.05) is 0 Å². The molecule has 16 heavy (non-hydrogen) atoms. The fraction of sp³-hybridized carbons (Fsp3) is 0.333. The molecule has 0 atom stereocenters. The van der Waals surface area contributed by atoms with Crippen molar-refractivity contribution in [1.29, 1.82) is 0 Å². The van der Waals surface area contributed by atoms with Crippen molar-refractivity contribution in [2.45, 2.75) is 13.1 Å². The third-order valence-electron chi connectivity index (χ3n) is 1.90. The second-order valence-corrected chi connectivity index (χ2v) is 3.42. The zero-order chi connectivity index (χ0) is 12.2. The molecule has 0 spiro atoms. The average molecular weight is 227 g/mol. The third kappa shape index (κ3) is 3.59. The molecular formula is C12H12F3N. The summed E-state index contributed by atoms with van der Waals surface area (Å²) in [6, 6.07) is 3.82. The molecule has 0 aromatic heterocycles. The second kappa shape index (κ2) is 5.04. The highest BCUT2D eigenvalue weighted by molar-refractivity contribution is 5.41. The van der Waals surface area contributed by atoms with Crippen molar-refractivity contribution in [3.8, 4) is 11.8 Å². The van der Waals surface area contributed by atoms with Crippen LogP contribution in [0.25, 0.3) is 0 Å². The molecule has 0 aliphatic carbocycles. The van der Waals surface area contributed by atoms with Crippen molar-refractivity contribution >= 4 is 0 Å². The van der Waals surface area contributed by atoms with Gasteiger partial charge in [0, 0.05) is 5.56 Å². The maximum atomic E-state index is 12.5. The molecule has 1 nitrogen and oxygen atoms in total. The summed E-state index contributed by atoms with van der Waals surface area (Å²) in [6.07, 6.45) is -4.31. The van der Waals surface area contributed by atoms with E-state index in [1.54, 1.807) is 20.0 Å². The SMILES string of the molecule is CNCC#Cc1cc(C)cc(C(F)(F)F)c1. The normalized spacial score (nSPS) is 10.8. The van der Waals surface area contributed by atoms with E-state index in [2.05, 4.69) is 17.2 Å². The zero-order valence-corrected chi connectivity index (χ0v) is 9.07. The fourth-order valence-corrected chi connectivity index (χ4v) is 1.25. The molecule has 0 bridgehead atoms. The lowest BCUT2D eigenvalue weighted by molar-refractivity contribution is -0.137. The Balaban J connectivity index is 3.05. The lowest BCUT2D eigenvalue weighted by atomic mass is 10.1. The number of nitrogens with one attached hydrogen (secondary N) is 1. The van der Waals surface area contributed by atoms with Crippen LogP contribution in [-0.4, -0.2) is 13.6 Å². The van der Waals surface area contributed by atoms with Gasteiger partial charge < -0.3 is 5.32 Å². The first-order chi connectivity index (χ1) is 7.43. The zero-order valence-electron chi connectivity index (χ0n) is 9.07. The first-order valence-electron chi connectivity index (χ1n) is 4.76. The molecule has 1 rings (SSSR count). The largest absolute Gasteiger partial charge is 0.416 e. The van der Waals surface area contributed by atoms with Gasteiger partial charge in [-0.25, -0.2) is 0 Å². The molecule has 0 radical (unpaired) electrons. The van der Waals surface area contributed by atoms with E-state index in [1.165, 1.54) is 0 Å². The van der Waals surface area contributed by atoms with Crippen molar-refractivity contribution in [1.82, 2.24) is 5.32 Å². The van der Waals surface area contributed by atoms with Gasteiger partial charge in [0.1, 0.15) is 0 Å². The maximum Gasteiger partial charge on any atom is 0.416 e. The van der Waals surface area contributed by atoms with E-state index in [9.17, 15) is 13.2 Å². The number of alkyl halides is 3. The molecule has 1 aromatic rings. The van der Waals surface area contributed by atoms with Crippen LogP contribution < -0.4 is 5.32 Å². The number of benzene rings is 1. The maximum absolute atomic E-state index is 12.5. The van der Waals surface area contributed by atoms with Crippen LogP contribution in [-0.2, 0) is 6.18 Å². The molecule has 86 valence electrons. The Bertz CT molecular complexity index is 424. The van der Waals surface area contributed by atoms with Crippen molar-refractivity contribution in [3.05, 3.63) is 34.9 Å². The van der Waals surface area contributed by atoms with Gasteiger partial charge in [-0.3, -0.25) is 0 Å². The molecular weight excluding hydrogens is 215 g/mol.